The Morgan fingerprint density at radius 3 is 3.00 bits per heavy atom. The second-order valence-corrected chi connectivity index (χ2v) is 3.65. The van der Waals surface area contributed by atoms with Gasteiger partial charge in [-0.3, -0.25) is 4.79 Å². The molecule has 2 aromatic rings. The Hall–Kier alpha value is -2.30. The van der Waals surface area contributed by atoms with E-state index in [1.54, 1.807) is 12.1 Å². The van der Waals surface area contributed by atoms with Gasteiger partial charge in [-0.25, -0.2) is 4.98 Å². The maximum Gasteiger partial charge on any atom is 0.231 e. The van der Waals surface area contributed by atoms with E-state index in [0.717, 1.165) is 5.56 Å². The zero-order chi connectivity index (χ0) is 11.7. The number of nitrogens with zero attached hydrogens (tertiary/aromatic N) is 1. The smallest absolute Gasteiger partial charge is 0.231 e. The lowest BCUT2D eigenvalue weighted by atomic mass is 10.1. The molecule has 5 heteroatoms. The van der Waals surface area contributed by atoms with Crippen LogP contribution in [-0.2, 0) is 6.42 Å². The van der Waals surface area contributed by atoms with E-state index in [2.05, 4.69) is 4.98 Å². The number of ether oxygens (including phenoxy) is 2. The fraction of sp³-hybridized carbons (Fsp3) is 0.167. The van der Waals surface area contributed by atoms with Crippen LogP contribution in [0.4, 0.5) is 0 Å². The summed E-state index contributed by atoms with van der Waals surface area (Å²) in [6, 6.07) is 5.43. The highest BCUT2D eigenvalue weighted by Crippen LogP contribution is 2.32. The van der Waals surface area contributed by atoms with E-state index in [-0.39, 0.29) is 24.8 Å². The molecule has 0 unspecified atom stereocenters. The second kappa shape index (κ2) is 3.93. The molecule has 1 aromatic carbocycles. The molecule has 0 saturated carbocycles. The van der Waals surface area contributed by atoms with Gasteiger partial charge in [-0.2, -0.15) is 0 Å². The minimum absolute atomic E-state index is 0.110. The fourth-order valence-corrected chi connectivity index (χ4v) is 1.68. The lowest BCUT2D eigenvalue weighted by molar-refractivity contribution is 0.0966. The predicted octanol–water partition coefficient (Wildman–Crippen LogP) is 1.83. The van der Waals surface area contributed by atoms with Crippen molar-refractivity contribution in [3.63, 3.8) is 0 Å². The number of oxazole rings is 1. The standard InChI is InChI=1S/C12H9NO4/c14-9(12-5-13-6-15-12)3-8-1-2-10-11(4-8)17-7-16-10/h1-2,4-6H,3,7H2. The predicted molar refractivity (Wildman–Crippen MR) is 57.1 cm³/mol. The van der Waals surface area contributed by atoms with Crippen LogP contribution >= 0.6 is 0 Å². The summed E-state index contributed by atoms with van der Waals surface area (Å²) >= 11 is 0. The maximum atomic E-state index is 11.8. The summed E-state index contributed by atoms with van der Waals surface area (Å²) in [6.07, 6.45) is 2.91. The largest absolute Gasteiger partial charge is 0.454 e. The van der Waals surface area contributed by atoms with Crippen molar-refractivity contribution in [1.29, 1.82) is 0 Å². The first-order valence-corrected chi connectivity index (χ1v) is 5.13. The number of rotatable bonds is 3. The average Bonchev–Trinajstić information content (AvgIpc) is 2.99. The molecule has 0 amide bonds. The van der Waals surface area contributed by atoms with Crippen LogP contribution in [0.25, 0.3) is 0 Å². The van der Waals surface area contributed by atoms with E-state index in [1.807, 2.05) is 6.07 Å². The summed E-state index contributed by atoms with van der Waals surface area (Å²) in [5.41, 5.74) is 0.857. The average molecular weight is 231 g/mol. The minimum atomic E-state index is -0.110. The van der Waals surface area contributed by atoms with Crippen molar-refractivity contribution >= 4 is 5.78 Å². The summed E-state index contributed by atoms with van der Waals surface area (Å²) in [5.74, 6) is 1.54. The van der Waals surface area contributed by atoms with Gasteiger partial charge in [-0.05, 0) is 17.7 Å². The molecule has 17 heavy (non-hydrogen) atoms. The van der Waals surface area contributed by atoms with Crippen molar-refractivity contribution in [3.8, 4) is 11.5 Å². The Bertz CT molecular complexity index is 548. The molecule has 5 nitrogen and oxygen atoms in total. The Kier molecular flexibility index (Phi) is 2.29. The number of benzene rings is 1. The van der Waals surface area contributed by atoms with Gasteiger partial charge in [0, 0.05) is 6.42 Å². The molecule has 3 rings (SSSR count). The van der Waals surface area contributed by atoms with Gasteiger partial charge in [0.25, 0.3) is 0 Å². The number of fused-ring (bicyclic) bond motifs is 1. The van der Waals surface area contributed by atoms with Crippen LogP contribution in [0, 0.1) is 0 Å². The molecular formula is C12H9NO4. The molecule has 1 aromatic heterocycles. The maximum absolute atomic E-state index is 11.8. The van der Waals surface area contributed by atoms with Crippen molar-refractivity contribution in [1.82, 2.24) is 4.98 Å². The van der Waals surface area contributed by atoms with E-state index in [0.29, 0.717) is 11.5 Å². The molecule has 0 saturated heterocycles. The van der Waals surface area contributed by atoms with Crippen LogP contribution in [-0.4, -0.2) is 17.6 Å². The zero-order valence-corrected chi connectivity index (χ0v) is 8.88. The zero-order valence-electron chi connectivity index (χ0n) is 8.88. The second-order valence-electron chi connectivity index (χ2n) is 3.65. The van der Waals surface area contributed by atoms with Gasteiger partial charge in [-0.15, -0.1) is 0 Å². The Labute approximate surface area is 97.0 Å². The molecule has 1 aliphatic heterocycles. The first-order valence-electron chi connectivity index (χ1n) is 5.13. The van der Waals surface area contributed by atoms with E-state index >= 15 is 0 Å². The Balaban J connectivity index is 1.80. The summed E-state index contributed by atoms with van der Waals surface area (Å²) in [7, 11) is 0. The molecule has 0 atom stereocenters. The van der Waals surface area contributed by atoms with Gasteiger partial charge in [-0.1, -0.05) is 6.07 Å². The number of ketones is 1. The molecule has 0 N–H and O–H groups in total. The van der Waals surface area contributed by atoms with Crippen LogP contribution in [0.2, 0.25) is 0 Å². The van der Waals surface area contributed by atoms with Gasteiger partial charge in [0.1, 0.15) is 0 Å². The first-order chi connectivity index (χ1) is 8.33. The van der Waals surface area contributed by atoms with Crippen LogP contribution in [0.1, 0.15) is 16.1 Å². The highest BCUT2D eigenvalue weighted by molar-refractivity contribution is 5.94. The minimum Gasteiger partial charge on any atom is -0.454 e. The summed E-state index contributed by atoms with van der Waals surface area (Å²) in [5, 5.41) is 0. The number of hydrogen-bond acceptors (Lipinski definition) is 5. The number of carbonyl (C=O) groups is 1. The quantitative estimate of drug-likeness (QED) is 0.754. The normalized spacial score (nSPS) is 12.7. The Morgan fingerprint density at radius 1 is 1.29 bits per heavy atom. The fourth-order valence-electron chi connectivity index (χ4n) is 1.68. The monoisotopic (exact) mass is 231 g/mol. The van der Waals surface area contributed by atoms with Crippen molar-refractivity contribution in [2.45, 2.75) is 6.42 Å². The van der Waals surface area contributed by atoms with Crippen molar-refractivity contribution in [2.24, 2.45) is 0 Å². The van der Waals surface area contributed by atoms with Crippen LogP contribution < -0.4 is 9.47 Å². The van der Waals surface area contributed by atoms with Crippen molar-refractivity contribution in [3.05, 3.63) is 42.1 Å². The number of carbonyl (C=O) groups excluding carboxylic acids is 1. The molecule has 1 aliphatic rings. The van der Waals surface area contributed by atoms with E-state index in [4.69, 9.17) is 13.9 Å². The molecule has 86 valence electrons. The number of Topliss-reactive ketones (excluding diaryl/α,β-unsaturated/α-hetero) is 1. The first kappa shape index (κ1) is 9.89. The number of hydrogen-bond donors (Lipinski definition) is 0. The SMILES string of the molecule is O=C(Cc1ccc2c(c1)OCO2)c1cnco1. The molecule has 0 fully saturated rings. The number of aromatic nitrogens is 1. The molecule has 0 bridgehead atoms. The van der Waals surface area contributed by atoms with Crippen molar-refractivity contribution in [2.75, 3.05) is 6.79 Å². The molecule has 0 aliphatic carbocycles. The van der Waals surface area contributed by atoms with E-state index in [1.165, 1.54) is 12.6 Å². The molecular weight excluding hydrogens is 222 g/mol. The highest BCUT2D eigenvalue weighted by Gasteiger charge is 2.16. The lowest BCUT2D eigenvalue weighted by Gasteiger charge is -2.00. The van der Waals surface area contributed by atoms with Gasteiger partial charge < -0.3 is 13.9 Å². The van der Waals surface area contributed by atoms with Gasteiger partial charge >= 0.3 is 0 Å². The third kappa shape index (κ3) is 1.87. The topological polar surface area (TPSA) is 61.6 Å². The van der Waals surface area contributed by atoms with E-state index in [9.17, 15) is 4.79 Å². The summed E-state index contributed by atoms with van der Waals surface area (Å²) in [6.45, 7) is 0.231. The van der Waals surface area contributed by atoms with Crippen molar-refractivity contribution < 1.29 is 18.7 Å². The molecule has 0 radical (unpaired) electrons. The molecule has 0 spiro atoms. The van der Waals surface area contributed by atoms with Gasteiger partial charge in [0.2, 0.25) is 12.6 Å². The van der Waals surface area contributed by atoms with E-state index < -0.39 is 0 Å². The lowest BCUT2D eigenvalue weighted by Crippen LogP contribution is -2.01. The summed E-state index contributed by atoms with van der Waals surface area (Å²) in [4.78, 5) is 15.5. The third-order valence-electron chi connectivity index (χ3n) is 2.51. The van der Waals surface area contributed by atoms with Crippen LogP contribution in [0.15, 0.2) is 35.2 Å². The van der Waals surface area contributed by atoms with Crippen LogP contribution in [0.5, 0.6) is 11.5 Å². The van der Waals surface area contributed by atoms with Gasteiger partial charge in [0.05, 0.1) is 6.20 Å². The van der Waals surface area contributed by atoms with Gasteiger partial charge in [0.15, 0.2) is 23.7 Å². The Morgan fingerprint density at radius 2 is 2.18 bits per heavy atom. The third-order valence-corrected chi connectivity index (χ3v) is 2.51. The molecule has 2 heterocycles. The van der Waals surface area contributed by atoms with Crippen LogP contribution in [0.3, 0.4) is 0 Å². The summed E-state index contributed by atoms with van der Waals surface area (Å²) < 4.78 is 15.4. The highest BCUT2D eigenvalue weighted by atomic mass is 16.7.